The molecule has 1 amide bonds. The van der Waals surface area contributed by atoms with Crippen LogP contribution in [0.5, 0.6) is 0 Å². The molecule has 0 aliphatic heterocycles. The van der Waals surface area contributed by atoms with Gasteiger partial charge in [0, 0.05) is 11.9 Å². The van der Waals surface area contributed by atoms with Crippen molar-refractivity contribution in [2.24, 2.45) is 7.05 Å². The smallest absolute Gasteiger partial charge is 0.345 e. The molecule has 1 aromatic carbocycles. The summed E-state index contributed by atoms with van der Waals surface area (Å²) >= 11 is 1.18. The standard InChI is InChI=1S/C23H20N6O5S/c1-29-20(24-9-13-4-7-16(35-13)23(33)34)18-17(28-29)19(26-10-25-18)21(30)27-15-6-3-11-8-12(22(31)32)2-5-14(11)15/h2,4-5,7-8,10,15,24H,3,6,9H2,1H3,(H,27,30)(H,31,32)(H,33,34)/t15-/m0/s1. The van der Waals surface area contributed by atoms with Crippen LogP contribution in [0.3, 0.4) is 0 Å². The van der Waals surface area contributed by atoms with E-state index in [9.17, 15) is 19.5 Å². The molecule has 12 heteroatoms. The van der Waals surface area contributed by atoms with E-state index in [1.54, 1.807) is 36.0 Å². The van der Waals surface area contributed by atoms with Gasteiger partial charge in [-0.3, -0.25) is 9.48 Å². The second kappa shape index (κ2) is 8.80. The Balaban J connectivity index is 1.36. The van der Waals surface area contributed by atoms with Gasteiger partial charge in [0.25, 0.3) is 5.91 Å². The minimum Gasteiger partial charge on any atom is -0.478 e. The van der Waals surface area contributed by atoms with Crippen LogP contribution in [0.25, 0.3) is 11.0 Å². The number of nitrogens with zero attached hydrogens (tertiary/aromatic N) is 4. The van der Waals surface area contributed by atoms with Crippen molar-refractivity contribution in [3.63, 3.8) is 0 Å². The van der Waals surface area contributed by atoms with E-state index >= 15 is 0 Å². The van der Waals surface area contributed by atoms with Crippen LogP contribution in [-0.4, -0.2) is 47.8 Å². The topological polar surface area (TPSA) is 159 Å². The monoisotopic (exact) mass is 492 g/mol. The number of carboxylic acid groups (broad SMARTS) is 2. The lowest BCUT2D eigenvalue weighted by molar-refractivity contribution is 0.0688. The second-order valence-electron chi connectivity index (χ2n) is 8.10. The summed E-state index contributed by atoms with van der Waals surface area (Å²) in [5.74, 6) is -1.77. The number of rotatable bonds is 7. The highest BCUT2D eigenvalue weighted by Crippen LogP contribution is 2.32. The van der Waals surface area contributed by atoms with Gasteiger partial charge in [0.2, 0.25) is 0 Å². The molecular formula is C23H20N6O5S. The second-order valence-corrected chi connectivity index (χ2v) is 9.27. The number of benzene rings is 1. The summed E-state index contributed by atoms with van der Waals surface area (Å²) in [7, 11) is 1.72. The van der Waals surface area contributed by atoms with Crippen LogP contribution in [-0.2, 0) is 20.0 Å². The highest BCUT2D eigenvalue weighted by molar-refractivity contribution is 7.13. The fourth-order valence-electron chi connectivity index (χ4n) is 4.25. The Morgan fingerprint density at radius 3 is 2.69 bits per heavy atom. The van der Waals surface area contributed by atoms with Gasteiger partial charge in [-0.1, -0.05) is 6.07 Å². The van der Waals surface area contributed by atoms with Crippen LogP contribution in [0.2, 0.25) is 0 Å². The number of carbonyl (C=O) groups is 3. The van der Waals surface area contributed by atoms with Crippen molar-refractivity contribution in [3.05, 3.63) is 68.8 Å². The number of nitrogens with one attached hydrogen (secondary N) is 2. The quantitative estimate of drug-likeness (QED) is 0.304. The number of aromatic nitrogens is 4. The summed E-state index contributed by atoms with van der Waals surface area (Å²) in [6.07, 6.45) is 2.64. The van der Waals surface area contributed by atoms with Crippen molar-refractivity contribution in [3.8, 4) is 0 Å². The zero-order valence-electron chi connectivity index (χ0n) is 18.5. The third kappa shape index (κ3) is 4.19. The molecule has 0 fully saturated rings. The van der Waals surface area contributed by atoms with Crippen molar-refractivity contribution in [2.75, 3.05) is 5.32 Å². The number of aryl methyl sites for hydroxylation is 2. The summed E-state index contributed by atoms with van der Waals surface area (Å²) in [5.41, 5.74) is 2.98. The van der Waals surface area contributed by atoms with Gasteiger partial charge in [-0.05, 0) is 48.2 Å². The Kier molecular flexibility index (Phi) is 5.65. The first-order valence-electron chi connectivity index (χ1n) is 10.7. The Morgan fingerprint density at radius 2 is 1.94 bits per heavy atom. The molecule has 3 aromatic heterocycles. The number of hydrogen-bond donors (Lipinski definition) is 4. The molecule has 4 aromatic rings. The molecule has 0 radical (unpaired) electrons. The van der Waals surface area contributed by atoms with Crippen molar-refractivity contribution in [1.82, 2.24) is 25.1 Å². The molecule has 0 bridgehead atoms. The zero-order valence-corrected chi connectivity index (χ0v) is 19.3. The largest absolute Gasteiger partial charge is 0.478 e. The van der Waals surface area contributed by atoms with E-state index in [4.69, 9.17) is 5.11 Å². The van der Waals surface area contributed by atoms with E-state index in [0.29, 0.717) is 36.2 Å². The Labute approximate surface area is 202 Å². The Hall–Kier alpha value is -4.32. The highest BCUT2D eigenvalue weighted by atomic mass is 32.1. The average molecular weight is 493 g/mol. The van der Waals surface area contributed by atoms with E-state index in [-0.39, 0.29) is 22.2 Å². The van der Waals surface area contributed by atoms with Gasteiger partial charge in [-0.15, -0.1) is 11.3 Å². The van der Waals surface area contributed by atoms with Gasteiger partial charge in [-0.2, -0.15) is 5.10 Å². The summed E-state index contributed by atoms with van der Waals surface area (Å²) < 4.78 is 1.57. The van der Waals surface area contributed by atoms with Crippen LogP contribution >= 0.6 is 11.3 Å². The zero-order chi connectivity index (χ0) is 24.7. The van der Waals surface area contributed by atoms with E-state index in [0.717, 1.165) is 16.0 Å². The van der Waals surface area contributed by atoms with Crippen molar-refractivity contribution in [1.29, 1.82) is 0 Å². The lowest BCUT2D eigenvalue weighted by Gasteiger charge is -2.14. The summed E-state index contributed by atoms with van der Waals surface area (Å²) in [6, 6.07) is 7.98. The van der Waals surface area contributed by atoms with Crippen LogP contribution < -0.4 is 10.6 Å². The fraction of sp³-hybridized carbons (Fsp3) is 0.217. The lowest BCUT2D eigenvalue weighted by Crippen LogP contribution is -2.28. The molecule has 11 nitrogen and oxygen atoms in total. The van der Waals surface area contributed by atoms with Crippen LogP contribution in [0.15, 0.2) is 36.7 Å². The molecule has 0 saturated heterocycles. The molecule has 4 N–H and O–H groups in total. The SMILES string of the molecule is Cn1nc2c(C(=O)N[C@H]3CCc4cc(C(=O)O)ccc43)ncnc2c1NCc1ccc(C(=O)O)s1. The molecule has 178 valence electrons. The Morgan fingerprint density at radius 1 is 1.11 bits per heavy atom. The van der Waals surface area contributed by atoms with E-state index < -0.39 is 17.8 Å². The number of anilines is 1. The summed E-state index contributed by atoms with van der Waals surface area (Å²) in [6.45, 7) is 0.370. The number of carboxylic acids is 2. The van der Waals surface area contributed by atoms with Crippen LogP contribution in [0.1, 0.15) is 59.0 Å². The van der Waals surface area contributed by atoms with Gasteiger partial charge in [0.15, 0.2) is 11.5 Å². The number of fused-ring (bicyclic) bond motifs is 2. The third-order valence-electron chi connectivity index (χ3n) is 5.91. The average Bonchev–Trinajstić information content (AvgIpc) is 3.54. The van der Waals surface area contributed by atoms with Gasteiger partial charge < -0.3 is 20.8 Å². The molecule has 0 saturated carbocycles. The van der Waals surface area contributed by atoms with Crippen molar-refractivity contribution < 1.29 is 24.6 Å². The lowest BCUT2D eigenvalue weighted by atomic mass is 10.0. The predicted molar refractivity (Wildman–Crippen MR) is 127 cm³/mol. The molecule has 0 spiro atoms. The minimum absolute atomic E-state index is 0.138. The molecule has 35 heavy (non-hydrogen) atoms. The highest BCUT2D eigenvalue weighted by Gasteiger charge is 2.27. The predicted octanol–water partition coefficient (Wildman–Crippen LogP) is 2.85. The van der Waals surface area contributed by atoms with Gasteiger partial charge in [0.05, 0.1) is 18.2 Å². The number of amides is 1. The first-order chi connectivity index (χ1) is 16.8. The fourth-order valence-corrected chi connectivity index (χ4v) is 5.04. The number of thiophene rings is 1. The molecule has 1 atom stereocenters. The summed E-state index contributed by atoms with van der Waals surface area (Å²) in [4.78, 5) is 45.0. The molecule has 5 rings (SSSR count). The van der Waals surface area contributed by atoms with Crippen molar-refractivity contribution >= 4 is 46.0 Å². The third-order valence-corrected chi connectivity index (χ3v) is 6.98. The number of aromatic carboxylic acids is 2. The van der Waals surface area contributed by atoms with Gasteiger partial charge in [0.1, 0.15) is 22.2 Å². The van der Waals surface area contributed by atoms with Gasteiger partial charge >= 0.3 is 11.9 Å². The molecule has 1 aliphatic carbocycles. The first kappa shape index (κ1) is 22.5. The maximum Gasteiger partial charge on any atom is 0.345 e. The summed E-state index contributed by atoms with van der Waals surface area (Å²) in [5, 5.41) is 29.0. The van der Waals surface area contributed by atoms with E-state index in [1.807, 2.05) is 0 Å². The maximum absolute atomic E-state index is 13.1. The maximum atomic E-state index is 13.1. The minimum atomic E-state index is -0.982. The first-order valence-corrected chi connectivity index (χ1v) is 11.5. The number of hydrogen-bond acceptors (Lipinski definition) is 8. The molecule has 0 unspecified atom stereocenters. The molecule has 1 aliphatic rings. The van der Waals surface area contributed by atoms with E-state index in [2.05, 4.69) is 25.7 Å². The van der Waals surface area contributed by atoms with Crippen LogP contribution in [0, 0.1) is 0 Å². The Bertz CT molecular complexity index is 1490. The van der Waals surface area contributed by atoms with Crippen LogP contribution in [0.4, 0.5) is 5.82 Å². The van der Waals surface area contributed by atoms with Crippen molar-refractivity contribution in [2.45, 2.75) is 25.4 Å². The molecule has 3 heterocycles. The number of carbonyl (C=O) groups excluding carboxylic acids is 1. The normalized spacial score (nSPS) is 14.6. The van der Waals surface area contributed by atoms with Gasteiger partial charge in [-0.25, -0.2) is 19.6 Å². The van der Waals surface area contributed by atoms with E-state index in [1.165, 1.54) is 23.7 Å². The molecular weight excluding hydrogens is 472 g/mol.